The summed E-state index contributed by atoms with van der Waals surface area (Å²) in [5, 5.41) is 9.04. The average molecular weight is 259 g/mol. The molecule has 1 aromatic rings. The van der Waals surface area contributed by atoms with Crippen molar-refractivity contribution in [3.05, 3.63) is 24.3 Å². The molecule has 0 N–H and O–H groups in total. The Bertz CT molecular complexity index is 455. The Morgan fingerprint density at radius 3 is 3.00 bits per heavy atom. The van der Waals surface area contributed by atoms with E-state index in [9.17, 15) is 0 Å². The topological polar surface area (TPSA) is 39.5 Å². The Morgan fingerprint density at radius 2 is 2.26 bits per heavy atom. The second kappa shape index (κ2) is 6.44. The van der Waals surface area contributed by atoms with Gasteiger partial charge in [0, 0.05) is 24.8 Å². The zero-order valence-corrected chi connectivity index (χ0v) is 11.7. The van der Waals surface area contributed by atoms with E-state index in [1.54, 1.807) is 7.11 Å². The molecule has 1 heterocycles. The minimum absolute atomic E-state index is 0.254. The summed E-state index contributed by atoms with van der Waals surface area (Å²) in [6.45, 7) is 3.01. The number of nitriles is 1. The van der Waals surface area contributed by atoms with Gasteiger partial charge in [-0.25, -0.2) is 0 Å². The molecule has 1 aliphatic rings. The monoisotopic (exact) mass is 259 g/mol. The summed E-state index contributed by atoms with van der Waals surface area (Å²) in [6.07, 6.45) is 1.68. The Balaban J connectivity index is 2.25. The lowest BCUT2D eigenvalue weighted by molar-refractivity contribution is 0.332. The second-order valence-corrected chi connectivity index (χ2v) is 5.03. The molecular weight excluding hydrogens is 238 g/mol. The number of benzene rings is 1. The number of hydrogen-bond acceptors (Lipinski definition) is 4. The smallest absolute Gasteiger partial charge is 0.120 e. The van der Waals surface area contributed by atoms with Crippen molar-refractivity contribution in [2.75, 3.05) is 38.7 Å². The lowest BCUT2D eigenvalue weighted by Gasteiger charge is -2.31. The van der Waals surface area contributed by atoms with Crippen molar-refractivity contribution in [2.45, 2.75) is 18.9 Å². The zero-order chi connectivity index (χ0) is 13.7. The molecule has 0 radical (unpaired) electrons. The van der Waals surface area contributed by atoms with Crippen molar-refractivity contribution < 1.29 is 4.74 Å². The number of ether oxygens (including phenoxy) is 1. The van der Waals surface area contributed by atoms with E-state index in [0.29, 0.717) is 6.42 Å². The van der Waals surface area contributed by atoms with Crippen molar-refractivity contribution in [2.24, 2.45) is 0 Å². The standard InChI is InChI=1S/C15H21N3O/c1-17-9-4-10-18(14(12-17)7-8-16)13-5-3-6-15(11-13)19-2/h3,5-6,11,14H,4,7,9-10,12H2,1-2H3. The summed E-state index contributed by atoms with van der Waals surface area (Å²) in [5.41, 5.74) is 1.15. The van der Waals surface area contributed by atoms with Crippen molar-refractivity contribution in [3.8, 4) is 11.8 Å². The Hall–Kier alpha value is -1.73. The highest BCUT2D eigenvalue weighted by atomic mass is 16.5. The first-order valence-electron chi connectivity index (χ1n) is 6.71. The number of hydrogen-bond donors (Lipinski definition) is 0. The molecule has 1 saturated heterocycles. The van der Waals surface area contributed by atoms with Gasteiger partial charge in [0.05, 0.1) is 25.6 Å². The molecule has 0 aliphatic carbocycles. The maximum Gasteiger partial charge on any atom is 0.120 e. The van der Waals surface area contributed by atoms with Crippen molar-refractivity contribution in [3.63, 3.8) is 0 Å². The van der Waals surface area contributed by atoms with Crippen LogP contribution in [0.4, 0.5) is 5.69 Å². The number of likely N-dealkylation sites (N-methyl/N-ethyl adjacent to an activating group) is 1. The maximum absolute atomic E-state index is 9.04. The fourth-order valence-corrected chi connectivity index (χ4v) is 2.65. The molecule has 19 heavy (non-hydrogen) atoms. The van der Waals surface area contributed by atoms with E-state index in [-0.39, 0.29) is 6.04 Å². The van der Waals surface area contributed by atoms with Crippen LogP contribution in [0.5, 0.6) is 5.75 Å². The van der Waals surface area contributed by atoms with Crippen LogP contribution in [0, 0.1) is 11.3 Å². The summed E-state index contributed by atoms with van der Waals surface area (Å²) >= 11 is 0. The summed E-state index contributed by atoms with van der Waals surface area (Å²) in [5.74, 6) is 0.866. The molecule has 102 valence electrons. The van der Waals surface area contributed by atoms with Gasteiger partial charge in [0.15, 0.2) is 0 Å². The van der Waals surface area contributed by atoms with E-state index < -0.39 is 0 Å². The zero-order valence-electron chi connectivity index (χ0n) is 11.7. The van der Waals surface area contributed by atoms with E-state index in [4.69, 9.17) is 10.00 Å². The van der Waals surface area contributed by atoms with E-state index >= 15 is 0 Å². The number of rotatable bonds is 3. The molecule has 4 nitrogen and oxygen atoms in total. The Kier molecular flexibility index (Phi) is 4.64. The third-order valence-electron chi connectivity index (χ3n) is 3.61. The fraction of sp³-hybridized carbons (Fsp3) is 0.533. The molecule has 0 aromatic heterocycles. The molecule has 1 fully saturated rings. The normalized spacial score (nSPS) is 20.7. The molecular formula is C15H21N3O. The third kappa shape index (κ3) is 3.39. The van der Waals surface area contributed by atoms with E-state index in [0.717, 1.165) is 37.5 Å². The van der Waals surface area contributed by atoms with E-state index in [1.165, 1.54) is 0 Å². The molecule has 0 saturated carbocycles. The molecule has 1 unspecified atom stereocenters. The van der Waals surface area contributed by atoms with Crippen LogP contribution in [0.2, 0.25) is 0 Å². The first kappa shape index (κ1) is 13.7. The molecule has 0 bridgehead atoms. The molecule has 0 amide bonds. The van der Waals surface area contributed by atoms with E-state index in [2.05, 4.69) is 35.0 Å². The van der Waals surface area contributed by atoms with Crippen LogP contribution in [0.1, 0.15) is 12.8 Å². The van der Waals surface area contributed by atoms with Crippen LogP contribution >= 0.6 is 0 Å². The minimum atomic E-state index is 0.254. The van der Waals surface area contributed by atoms with Gasteiger partial charge in [-0.1, -0.05) is 6.07 Å². The molecule has 1 atom stereocenters. The Morgan fingerprint density at radius 1 is 1.42 bits per heavy atom. The van der Waals surface area contributed by atoms with Crippen molar-refractivity contribution >= 4 is 5.69 Å². The first-order chi connectivity index (χ1) is 9.24. The van der Waals surface area contributed by atoms with Crippen LogP contribution in [0.15, 0.2) is 24.3 Å². The summed E-state index contributed by atoms with van der Waals surface area (Å²) in [6, 6.07) is 10.7. The predicted octanol–water partition coefficient (Wildman–Crippen LogP) is 2.12. The van der Waals surface area contributed by atoms with Gasteiger partial charge in [0.2, 0.25) is 0 Å². The first-order valence-corrected chi connectivity index (χ1v) is 6.71. The van der Waals surface area contributed by atoms with Gasteiger partial charge in [0.25, 0.3) is 0 Å². The van der Waals surface area contributed by atoms with Gasteiger partial charge in [0.1, 0.15) is 5.75 Å². The lowest BCUT2D eigenvalue weighted by atomic mass is 10.1. The van der Waals surface area contributed by atoms with Crippen molar-refractivity contribution in [1.29, 1.82) is 5.26 Å². The average Bonchev–Trinajstić information content (AvgIpc) is 2.61. The molecule has 0 spiro atoms. The molecule has 1 aromatic carbocycles. The number of nitrogens with zero attached hydrogens (tertiary/aromatic N) is 3. The summed E-state index contributed by atoms with van der Waals surface area (Å²) < 4.78 is 5.29. The Labute approximate surface area is 115 Å². The van der Waals surface area contributed by atoms with E-state index in [1.807, 2.05) is 12.1 Å². The van der Waals surface area contributed by atoms with Crippen LogP contribution in [0.3, 0.4) is 0 Å². The third-order valence-corrected chi connectivity index (χ3v) is 3.61. The van der Waals surface area contributed by atoms with Crippen LogP contribution in [0.25, 0.3) is 0 Å². The maximum atomic E-state index is 9.04. The number of methoxy groups -OCH3 is 1. The molecule has 4 heteroatoms. The lowest BCUT2D eigenvalue weighted by Crippen LogP contribution is -2.40. The van der Waals surface area contributed by atoms with Crippen LogP contribution in [-0.2, 0) is 0 Å². The van der Waals surface area contributed by atoms with Crippen LogP contribution in [-0.4, -0.2) is 44.7 Å². The predicted molar refractivity (Wildman–Crippen MR) is 76.5 cm³/mol. The largest absolute Gasteiger partial charge is 0.497 e. The summed E-state index contributed by atoms with van der Waals surface area (Å²) in [7, 11) is 3.81. The highest BCUT2D eigenvalue weighted by Gasteiger charge is 2.23. The van der Waals surface area contributed by atoms with Gasteiger partial charge in [-0.05, 0) is 32.1 Å². The second-order valence-electron chi connectivity index (χ2n) is 5.03. The van der Waals surface area contributed by atoms with Gasteiger partial charge in [-0.3, -0.25) is 0 Å². The van der Waals surface area contributed by atoms with Crippen molar-refractivity contribution in [1.82, 2.24) is 4.90 Å². The van der Waals surface area contributed by atoms with Gasteiger partial charge >= 0.3 is 0 Å². The highest BCUT2D eigenvalue weighted by Crippen LogP contribution is 2.25. The minimum Gasteiger partial charge on any atom is -0.497 e. The van der Waals surface area contributed by atoms with Gasteiger partial charge in [-0.2, -0.15) is 5.26 Å². The molecule has 1 aliphatic heterocycles. The van der Waals surface area contributed by atoms with Crippen LogP contribution < -0.4 is 9.64 Å². The summed E-state index contributed by atoms with van der Waals surface area (Å²) in [4.78, 5) is 4.65. The fourth-order valence-electron chi connectivity index (χ4n) is 2.65. The molecule has 2 rings (SSSR count). The highest BCUT2D eigenvalue weighted by molar-refractivity contribution is 5.52. The quantitative estimate of drug-likeness (QED) is 0.833. The van der Waals surface area contributed by atoms with Gasteiger partial charge in [-0.15, -0.1) is 0 Å². The van der Waals surface area contributed by atoms with Gasteiger partial charge < -0.3 is 14.5 Å². The SMILES string of the molecule is COc1cccc(N2CCCN(C)CC2CC#N)c1. The number of anilines is 1.